The van der Waals surface area contributed by atoms with E-state index in [9.17, 15) is 0 Å². The van der Waals surface area contributed by atoms with Crippen molar-refractivity contribution in [2.75, 3.05) is 0 Å². The molecule has 0 radical (unpaired) electrons. The van der Waals surface area contributed by atoms with Crippen LogP contribution >= 0.6 is 0 Å². The number of hydroxylamine groups is 2. The fraction of sp³-hybridized carbons (Fsp3) is 0.143. The highest BCUT2D eigenvalue weighted by molar-refractivity contribution is 5.22. The number of benzene rings is 2. The average Bonchev–Trinajstić information content (AvgIpc) is 3.43. The van der Waals surface area contributed by atoms with Crippen LogP contribution in [0.25, 0.3) is 0 Å². The number of nitrogens with one attached hydrogen (secondary N) is 2. The van der Waals surface area contributed by atoms with E-state index in [4.69, 9.17) is 19.5 Å². The van der Waals surface area contributed by atoms with Crippen LogP contribution in [0.4, 0.5) is 0 Å². The first-order chi connectivity index (χ1) is 9.83. The molecule has 2 N–H and O–H groups in total. The van der Waals surface area contributed by atoms with Crippen LogP contribution in [0.5, 0.6) is 0 Å². The molecule has 2 saturated heterocycles. The van der Waals surface area contributed by atoms with Gasteiger partial charge in [0.05, 0.1) is 0 Å². The summed E-state index contributed by atoms with van der Waals surface area (Å²) in [6.07, 6.45) is 0. The molecule has 2 atom stereocenters. The van der Waals surface area contributed by atoms with Crippen molar-refractivity contribution in [2.24, 2.45) is 0 Å². The lowest BCUT2D eigenvalue weighted by molar-refractivity contribution is -0.417. The van der Waals surface area contributed by atoms with Gasteiger partial charge in [-0.05, 0) is 0 Å². The third-order valence-electron chi connectivity index (χ3n) is 3.16. The van der Waals surface area contributed by atoms with Crippen LogP contribution in [0.1, 0.15) is 11.1 Å². The van der Waals surface area contributed by atoms with Crippen molar-refractivity contribution in [3.05, 3.63) is 71.8 Å². The minimum absolute atomic E-state index is 0.809. The highest BCUT2D eigenvalue weighted by atomic mass is 17.3. The Kier molecular flexibility index (Phi) is 2.61. The summed E-state index contributed by atoms with van der Waals surface area (Å²) in [6.45, 7) is 0. The first-order valence-electron chi connectivity index (χ1n) is 6.21. The van der Waals surface area contributed by atoms with Crippen LogP contribution in [-0.2, 0) is 31.3 Å². The summed E-state index contributed by atoms with van der Waals surface area (Å²) in [5, 5.41) is 0. The van der Waals surface area contributed by atoms with Gasteiger partial charge < -0.3 is 0 Å². The minimum Gasteiger partial charge on any atom is -0.237 e. The third kappa shape index (κ3) is 2.01. The largest absolute Gasteiger partial charge is 0.323 e. The van der Waals surface area contributed by atoms with Gasteiger partial charge in [0.1, 0.15) is 0 Å². The smallest absolute Gasteiger partial charge is 0.237 e. The predicted octanol–water partition coefficient (Wildman–Crippen LogP) is 1.63. The SMILES string of the molecule is c1ccc(C2(OOC3(c4ccccc4)NO3)NO2)cc1. The summed E-state index contributed by atoms with van der Waals surface area (Å²) in [7, 11) is 0. The van der Waals surface area contributed by atoms with Gasteiger partial charge in [-0.3, -0.25) is 0 Å². The molecule has 4 rings (SSSR count). The van der Waals surface area contributed by atoms with Gasteiger partial charge in [-0.1, -0.05) is 60.7 Å². The van der Waals surface area contributed by atoms with Crippen molar-refractivity contribution >= 4 is 0 Å². The van der Waals surface area contributed by atoms with Gasteiger partial charge in [-0.15, -0.1) is 11.0 Å². The molecule has 2 aromatic rings. The molecule has 0 bridgehead atoms. The second-order valence-electron chi connectivity index (χ2n) is 4.54. The number of rotatable bonds is 5. The van der Waals surface area contributed by atoms with Crippen molar-refractivity contribution in [1.82, 2.24) is 11.0 Å². The Hall–Kier alpha value is -1.80. The van der Waals surface area contributed by atoms with E-state index in [2.05, 4.69) is 11.0 Å². The van der Waals surface area contributed by atoms with E-state index >= 15 is 0 Å². The maximum Gasteiger partial charge on any atom is 0.323 e. The standard InChI is InChI=1S/C14H12N2O4/c1-3-7-11(8-4-1)13(15-17-13)19-20-14(16-18-14)12-9-5-2-6-10-12/h1-10,15-16H. The van der Waals surface area contributed by atoms with Gasteiger partial charge in [0, 0.05) is 11.1 Å². The van der Waals surface area contributed by atoms with Crippen molar-refractivity contribution in [3.8, 4) is 0 Å². The Balaban J connectivity index is 1.49. The molecule has 0 spiro atoms. The van der Waals surface area contributed by atoms with Crippen molar-refractivity contribution in [3.63, 3.8) is 0 Å². The third-order valence-corrected chi connectivity index (χ3v) is 3.16. The van der Waals surface area contributed by atoms with Gasteiger partial charge in [-0.25, -0.2) is 9.68 Å². The molecular weight excluding hydrogens is 260 g/mol. The monoisotopic (exact) mass is 272 g/mol. The molecule has 0 aliphatic carbocycles. The Morgan fingerprint density at radius 1 is 0.650 bits per heavy atom. The zero-order valence-electron chi connectivity index (χ0n) is 10.4. The second kappa shape index (κ2) is 4.35. The normalized spacial score (nSPS) is 31.0. The lowest BCUT2D eigenvalue weighted by atomic mass is 10.2. The highest BCUT2D eigenvalue weighted by Crippen LogP contribution is 2.40. The lowest BCUT2D eigenvalue weighted by Crippen LogP contribution is -2.25. The van der Waals surface area contributed by atoms with Crippen LogP contribution in [0.15, 0.2) is 60.7 Å². The molecule has 0 aromatic heterocycles. The molecule has 2 aliphatic heterocycles. The van der Waals surface area contributed by atoms with Gasteiger partial charge in [0.25, 0.3) is 0 Å². The van der Waals surface area contributed by atoms with Crippen LogP contribution in [0.3, 0.4) is 0 Å². The Bertz CT molecular complexity index is 542. The summed E-state index contributed by atoms with van der Waals surface area (Å²) in [4.78, 5) is 21.1. The predicted molar refractivity (Wildman–Crippen MR) is 66.9 cm³/mol. The Morgan fingerprint density at radius 2 is 1.00 bits per heavy atom. The zero-order chi connectivity index (χ0) is 13.5. The molecule has 6 nitrogen and oxygen atoms in total. The van der Waals surface area contributed by atoms with Crippen molar-refractivity contribution < 1.29 is 19.5 Å². The summed E-state index contributed by atoms with van der Waals surface area (Å²) in [6, 6.07) is 18.9. The van der Waals surface area contributed by atoms with Crippen LogP contribution in [0.2, 0.25) is 0 Å². The van der Waals surface area contributed by atoms with E-state index < -0.39 is 11.8 Å². The molecule has 0 saturated carbocycles. The molecule has 2 heterocycles. The number of hydrogen-bond donors (Lipinski definition) is 2. The van der Waals surface area contributed by atoms with Gasteiger partial charge in [-0.2, -0.15) is 9.78 Å². The first kappa shape index (κ1) is 12.0. The van der Waals surface area contributed by atoms with E-state index in [1.807, 2.05) is 60.7 Å². The van der Waals surface area contributed by atoms with Gasteiger partial charge >= 0.3 is 11.8 Å². The van der Waals surface area contributed by atoms with Crippen molar-refractivity contribution in [1.29, 1.82) is 0 Å². The average molecular weight is 272 g/mol. The topological polar surface area (TPSA) is 87.4 Å². The minimum atomic E-state index is -1.07. The summed E-state index contributed by atoms with van der Waals surface area (Å²) in [5.41, 5.74) is 6.99. The van der Waals surface area contributed by atoms with Gasteiger partial charge in [0.2, 0.25) is 0 Å². The molecule has 2 fully saturated rings. The van der Waals surface area contributed by atoms with Crippen molar-refractivity contribution in [2.45, 2.75) is 11.8 Å². The van der Waals surface area contributed by atoms with E-state index in [0.717, 1.165) is 11.1 Å². The van der Waals surface area contributed by atoms with E-state index in [-0.39, 0.29) is 0 Å². The van der Waals surface area contributed by atoms with E-state index in [1.165, 1.54) is 0 Å². The van der Waals surface area contributed by atoms with Crippen LogP contribution in [-0.4, -0.2) is 0 Å². The van der Waals surface area contributed by atoms with E-state index in [1.54, 1.807) is 0 Å². The molecule has 2 aliphatic rings. The molecule has 6 heteroatoms. The molecule has 20 heavy (non-hydrogen) atoms. The van der Waals surface area contributed by atoms with Crippen LogP contribution < -0.4 is 11.0 Å². The molecule has 2 aromatic carbocycles. The summed E-state index contributed by atoms with van der Waals surface area (Å²) >= 11 is 0. The fourth-order valence-corrected chi connectivity index (χ4v) is 1.93. The van der Waals surface area contributed by atoms with Gasteiger partial charge in [0.15, 0.2) is 0 Å². The molecule has 2 unspecified atom stereocenters. The summed E-state index contributed by atoms with van der Waals surface area (Å²) < 4.78 is 0. The highest BCUT2D eigenvalue weighted by Gasteiger charge is 2.57. The zero-order valence-corrected chi connectivity index (χ0v) is 10.4. The maximum absolute atomic E-state index is 5.39. The maximum atomic E-state index is 5.39. The Morgan fingerprint density at radius 3 is 1.30 bits per heavy atom. The van der Waals surface area contributed by atoms with Crippen LogP contribution in [0, 0.1) is 0 Å². The molecule has 0 amide bonds. The van der Waals surface area contributed by atoms with E-state index in [0.29, 0.717) is 0 Å². The molecule has 102 valence electrons. The first-order valence-corrected chi connectivity index (χ1v) is 6.21. The number of hydrogen-bond acceptors (Lipinski definition) is 6. The fourth-order valence-electron chi connectivity index (χ4n) is 1.93. The quantitative estimate of drug-likeness (QED) is 0.488. The second-order valence-corrected chi connectivity index (χ2v) is 4.54. The lowest BCUT2D eigenvalue weighted by Gasteiger charge is -2.13. The molecular formula is C14H12N2O4. The summed E-state index contributed by atoms with van der Waals surface area (Å²) in [5.74, 6) is -2.15. The Labute approximate surface area is 115 Å².